The third kappa shape index (κ3) is 5.04. The van der Waals surface area contributed by atoms with Gasteiger partial charge in [-0.05, 0) is 50.2 Å². The molecule has 7 nitrogen and oxygen atoms in total. The van der Waals surface area contributed by atoms with Crippen LogP contribution < -0.4 is 15.2 Å². The van der Waals surface area contributed by atoms with E-state index in [1.165, 1.54) is 0 Å². The van der Waals surface area contributed by atoms with Crippen molar-refractivity contribution < 1.29 is 14.6 Å². The molecule has 0 aliphatic heterocycles. The number of nitrogens with zero attached hydrogens (tertiary/aromatic N) is 3. The molecule has 0 aliphatic carbocycles. The van der Waals surface area contributed by atoms with Crippen LogP contribution in [0.5, 0.6) is 5.75 Å². The van der Waals surface area contributed by atoms with Crippen LogP contribution in [0.2, 0.25) is 0 Å². The Morgan fingerprint density at radius 1 is 1.14 bits per heavy atom. The molecule has 2 aromatic carbocycles. The molecule has 0 spiro atoms. The Kier molecular flexibility index (Phi) is 6.54. The van der Waals surface area contributed by atoms with E-state index in [-0.39, 0.29) is 5.75 Å². The summed E-state index contributed by atoms with van der Waals surface area (Å²) < 4.78 is 7.31. The van der Waals surface area contributed by atoms with E-state index in [1.807, 2.05) is 66.9 Å². The molecule has 0 fully saturated rings. The van der Waals surface area contributed by atoms with Gasteiger partial charge in [0.15, 0.2) is 11.0 Å². The Hall–Kier alpha value is -3.00. The number of ether oxygens (including phenoxy) is 1. The second-order valence-electron chi connectivity index (χ2n) is 6.04. The molecule has 146 valence electrons. The zero-order chi connectivity index (χ0) is 19.9. The van der Waals surface area contributed by atoms with Crippen LogP contribution in [0.1, 0.15) is 18.3 Å². The SMILES string of the molecule is CCOc1ccc(NCc2nnc(SCC(=O)[O-])n2-c2ccc(C)cc2)cc1. The number of aryl methyl sites for hydroxylation is 1. The Morgan fingerprint density at radius 2 is 1.86 bits per heavy atom. The molecule has 3 rings (SSSR count). The molecule has 8 heteroatoms. The van der Waals surface area contributed by atoms with E-state index < -0.39 is 5.97 Å². The van der Waals surface area contributed by atoms with E-state index in [2.05, 4.69) is 15.5 Å². The molecule has 1 aromatic heterocycles. The van der Waals surface area contributed by atoms with Crippen molar-refractivity contribution in [3.8, 4) is 11.4 Å². The number of hydrogen-bond donors (Lipinski definition) is 1. The molecule has 0 aliphatic rings. The Bertz CT molecular complexity index is 924. The van der Waals surface area contributed by atoms with E-state index >= 15 is 0 Å². The largest absolute Gasteiger partial charge is 0.549 e. The molecular weight excluding hydrogens is 376 g/mol. The summed E-state index contributed by atoms with van der Waals surface area (Å²) in [5.74, 6) is 0.170. The highest BCUT2D eigenvalue weighted by atomic mass is 32.2. The predicted molar refractivity (Wildman–Crippen MR) is 107 cm³/mol. The van der Waals surface area contributed by atoms with Crippen LogP contribution in [-0.4, -0.2) is 33.1 Å². The lowest BCUT2D eigenvalue weighted by atomic mass is 10.2. The first-order valence-corrected chi connectivity index (χ1v) is 9.86. The Balaban J connectivity index is 1.81. The zero-order valence-corrected chi connectivity index (χ0v) is 16.5. The maximum Gasteiger partial charge on any atom is 0.196 e. The summed E-state index contributed by atoms with van der Waals surface area (Å²) in [6, 6.07) is 15.6. The lowest BCUT2D eigenvalue weighted by Crippen LogP contribution is -2.24. The molecule has 0 saturated carbocycles. The predicted octanol–water partition coefficient (Wildman–Crippen LogP) is 2.43. The number of benzene rings is 2. The van der Waals surface area contributed by atoms with Gasteiger partial charge in [0, 0.05) is 17.1 Å². The van der Waals surface area contributed by atoms with E-state index in [0.29, 0.717) is 24.1 Å². The second-order valence-corrected chi connectivity index (χ2v) is 6.98. The molecule has 0 bridgehead atoms. The maximum absolute atomic E-state index is 10.8. The molecule has 0 saturated heterocycles. The summed E-state index contributed by atoms with van der Waals surface area (Å²) in [5.41, 5.74) is 2.93. The molecule has 0 unspecified atom stereocenters. The van der Waals surface area contributed by atoms with Gasteiger partial charge in [0.1, 0.15) is 5.75 Å². The standard InChI is InChI=1S/C20H22N4O3S/c1-3-27-17-10-6-15(7-11-17)21-12-18-22-23-20(28-13-19(25)26)24(18)16-8-4-14(2)5-9-16/h4-11,21H,3,12-13H2,1-2H3,(H,25,26)/p-1. The number of carbonyl (C=O) groups is 1. The fourth-order valence-corrected chi connectivity index (χ4v) is 3.29. The molecule has 0 radical (unpaired) electrons. The van der Waals surface area contributed by atoms with Crippen LogP contribution in [-0.2, 0) is 11.3 Å². The van der Waals surface area contributed by atoms with Crippen molar-refractivity contribution in [2.75, 3.05) is 17.7 Å². The normalized spacial score (nSPS) is 10.6. The highest BCUT2D eigenvalue weighted by Crippen LogP contribution is 2.23. The summed E-state index contributed by atoms with van der Waals surface area (Å²) in [6.07, 6.45) is 0. The quantitative estimate of drug-likeness (QED) is 0.554. The number of rotatable bonds is 9. The molecular formula is C20H21N4O3S-. The van der Waals surface area contributed by atoms with Crippen LogP contribution in [0.25, 0.3) is 5.69 Å². The van der Waals surface area contributed by atoms with Crippen molar-refractivity contribution >= 4 is 23.4 Å². The molecule has 0 amide bonds. The summed E-state index contributed by atoms with van der Waals surface area (Å²) in [6.45, 7) is 5.01. The molecule has 3 aromatic rings. The Morgan fingerprint density at radius 3 is 2.50 bits per heavy atom. The second kappa shape index (κ2) is 9.27. The highest BCUT2D eigenvalue weighted by Gasteiger charge is 2.14. The number of carboxylic acids is 1. The van der Waals surface area contributed by atoms with Crippen molar-refractivity contribution in [1.29, 1.82) is 0 Å². The lowest BCUT2D eigenvalue weighted by Gasteiger charge is -2.12. The number of thioether (sulfide) groups is 1. The number of hydrogen-bond acceptors (Lipinski definition) is 7. The maximum atomic E-state index is 10.8. The molecule has 28 heavy (non-hydrogen) atoms. The van der Waals surface area contributed by atoms with Gasteiger partial charge in [-0.15, -0.1) is 10.2 Å². The average Bonchev–Trinajstić information content (AvgIpc) is 3.09. The van der Waals surface area contributed by atoms with Gasteiger partial charge in [-0.2, -0.15) is 0 Å². The van der Waals surface area contributed by atoms with Gasteiger partial charge in [0.25, 0.3) is 0 Å². The van der Waals surface area contributed by atoms with Gasteiger partial charge in [0.2, 0.25) is 0 Å². The summed E-state index contributed by atoms with van der Waals surface area (Å²) >= 11 is 1.09. The number of anilines is 1. The fourth-order valence-electron chi connectivity index (χ4n) is 2.60. The van der Waals surface area contributed by atoms with Crippen molar-refractivity contribution in [1.82, 2.24) is 14.8 Å². The minimum atomic E-state index is -1.14. The first-order valence-electron chi connectivity index (χ1n) is 8.87. The monoisotopic (exact) mass is 397 g/mol. The topological polar surface area (TPSA) is 92.1 Å². The number of aliphatic carboxylic acids is 1. The van der Waals surface area contributed by atoms with E-state index in [1.54, 1.807) is 0 Å². The molecule has 1 heterocycles. The number of aromatic nitrogens is 3. The van der Waals surface area contributed by atoms with Crippen LogP contribution in [0.15, 0.2) is 53.7 Å². The van der Waals surface area contributed by atoms with Crippen molar-refractivity contribution in [2.45, 2.75) is 25.5 Å². The minimum Gasteiger partial charge on any atom is -0.549 e. The lowest BCUT2D eigenvalue weighted by molar-refractivity contribution is -0.301. The Labute approximate surface area is 167 Å². The number of carboxylic acid groups (broad SMARTS) is 1. The smallest absolute Gasteiger partial charge is 0.196 e. The summed E-state index contributed by atoms with van der Waals surface area (Å²) in [7, 11) is 0. The molecule has 1 N–H and O–H groups in total. The number of nitrogens with one attached hydrogen (secondary N) is 1. The third-order valence-corrected chi connectivity index (χ3v) is 4.83. The van der Waals surface area contributed by atoms with Gasteiger partial charge in [-0.1, -0.05) is 29.5 Å². The highest BCUT2D eigenvalue weighted by molar-refractivity contribution is 7.99. The van der Waals surface area contributed by atoms with Crippen molar-refractivity contribution in [2.24, 2.45) is 0 Å². The van der Waals surface area contributed by atoms with Crippen molar-refractivity contribution in [3.05, 3.63) is 59.9 Å². The average molecular weight is 397 g/mol. The number of carbonyl (C=O) groups excluding carboxylic acids is 1. The summed E-state index contributed by atoms with van der Waals surface area (Å²) in [5, 5.41) is 23.1. The van der Waals surface area contributed by atoms with E-state index in [9.17, 15) is 9.90 Å². The van der Waals surface area contributed by atoms with Crippen LogP contribution in [0, 0.1) is 6.92 Å². The third-order valence-electron chi connectivity index (χ3n) is 3.93. The van der Waals surface area contributed by atoms with Gasteiger partial charge in [0.05, 0.1) is 19.1 Å². The van der Waals surface area contributed by atoms with Gasteiger partial charge < -0.3 is 20.0 Å². The minimum absolute atomic E-state index is 0.184. The van der Waals surface area contributed by atoms with Gasteiger partial charge in [-0.3, -0.25) is 4.57 Å². The van der Waals surface area contributed by atoms with Crippen LogP contribution in [0.3, 0.4) is 0 Å². The fraction of sp³-hybridized carbons (Fsp3) is 0.250. The first kappa shape index (κ1) is 19.8. The molecule has 0 atom stereocenters. The first-order chi connectivity index (χ1) is 13.6. The van der Waals surface area contributed by atoms with E-state index in [4.69, 9.17) is 4.74 Å². The van der Waals surface area contributed by atoms with Crippen LogP contribution >= 0.6 is 11.8 Å². The summed E-state index contributed by atoms with van der Waals surface area (Å²) in [4.78, 5) is 10.8. The van der Waals surface area contributed by atoms with Gasteiger partial charge >= 0.3 is 0 Å². The van der Waals surface area contributed by atoms with Crippen molar-refractivity contribution in [3.63, 3.8) is 0 Å². The van der Waals surface area contributed by atoms with Crippen LogP contribution in [0.4, 0.5) is 5.69 Å². The van der Waals surface area contributed by atoms with Gasteiger partial charge in [-0.25, -0.2) is 0 Å². The van der Waals surface area contributed by atoms with E-state index in [0.717, 1.165) is 34.4 Å². The zero-order valence-electron chi connectivity index (χ0n) is 15.7.